The van der Waals surface area contributed by atoms with E-state index >= 15 is 0 Å². The largest absolute Gasteiger partial charge is 0.491 e. The van der Waals surface area contributed by atoms with Gasteiger partial charge < -0.3 is 14.4 Å². The second-order valence-corrected chi connectivity index (χ2v) is 4.18. The van der Waals surface area contributed by atoms with Gasteiger partial charge in [-0.2, -0.15) is 0 Å². The van der Waals surface area contributed by atoms with Crippen LogP contribution in [0.3, 0.4) is 0 Å². The van der Waals surface area contributed by atoms with Crippen LogP contribution in [0.4, 0.5) is 0 Å². The van der Waals surface area contributed by atoms with Gasteiger partial charge in [0.05, 0.1) is 12.3 Å². The van der Waals surface area contributed by atoms with Crippen molar-refractivity contribution < 1.29 is 19.2 Å². The van der Waals surface area contributed by atoms with Gasteiger partial charge in [-0.15, -0.1) is 0 Å². The molecule has 1 aromatic carbocycles. The normalized spacial score (nSPS) is 10.5. The highest BCUT2D eigenvalue weighted by Crippen LogP contribution is 2.30. The molecule has 0 saturated carbocycles. The van der Waals surface area contributed by atoms with E-state index in [9.17, 15) is 4.79 Å². The minimum absolute atomic E-state index is 0.0774. The van der Waals surface area contributed by atoms with E-state index in [1.54, 1.807) is 18.2 Å². The summed E-state index contributed by atoms with van der Waals surface area (Å²) in [4.78, 5) is 11.0. The summed E-state index contributed by atoms with van der Waals surface area (Å²) in [7, 11) is 0. The maximum absolute atomic E-state index is 11.0. The van der Waals surface area contributed by atoms with Crippen LogP contribution in [0, 0.1) is 13.8 Å². The molecule has 0 radical (unpaired) electrons. The molecule has 0 bridgehead atoms. The molecule has 2 aromatic rings. The van der Waals surface area contributed by atoms with Crippen LogP contribution in [0.1, 0.15) is 21.8 Å². The summed E-state index contributed by atoms with van der Waals surface area (Å²) < 4.78 is 10.5. The van der Waals surface area contributed by atoms with Crippen molar-refractivity contribution >= 4 is 6.29 Å². The first kappa shape index (κ1) is 13.3. The number of carbonyl (C=O) groups is 1. The molecule has 0 spiro atoms. The molecular weight excluding hydrogens is 246 g/mol. The third-order valence-electron chi connectivity index (χ3n) is 2.75. The average Bonchev–Trinajstić information content (AvgIpc) is 2.75. The topological polar surface area (TPSA) is 72.6 Å². The predicted octanol–water partition coefficient (Wildman–Crippen LogP) is 2.14. The number of aliphatic hydroxyl groups is 1. The molecule has 0 atom stereocenters. The van der Waals surface area contributed by atoms with Gasteiger partial charge in [-0.25, -0.2) is 0 Å². The van der Waals surface area contributed by atoms with Crippen LogP contribution in [0.5, 0.6) is 5.75 Å². The quantitative estimate of drug-likeness (QED) is 0.835. The zero-order valence-electron chi connectivity index (χ0n) is 10.8. The molecule has 0 aliphatic heterocycles. The Bertz CT molecular complexity index is 570. The Hall–Kier alpha value is -2.14. The van der Waals surface area contributed by atoms with Crippen molar-refractivity contribution in [3.63, 3.8) is 0 Å². The van der Waals surface area contributed by atoms with Crippen LogP contribution >= 0.6 is 0 Å². The van der Waals surface area contributed by atoms with Crippen molar-refractivity contribution in [1.29, 1.82) is 0 Å². The molecule has 1 aromatic heterocycles. The van der Waals surface area contributed by atoms with Gasteiger partial charge >= 0.3 is 0 Å². The molecule has 5 nitrogen and oxygen atoms in total. The van der Waals surface area contributed by atoms with E-state index in [0.29, 0.717) is 17.1 Å². The lowest BCUT2D eigenvalue weighted by Gasteiger charge is -2.08. The SMILES string of the molecule is Cc1noc(C)c1-c1cc(C=O)cc(OCCO)c1. The van der Waals surface area contributed by atoms with Crippen LogP contribution in [0.25, 0.3) is 11.1 Å². The molecule has 0 saturated heterocycles. The van der Waals surface area contributed by atoms with Crippen molar-refractivity contribution in [2.24, 2.45) is 0 Å². The van der Waals surface area contributed by atoms with Crippen molar-refractivity contribution in [3.8, 4) is 16.9 Å². The summed E-state index contributed by atoms with van der Waals surface area (Å²) >= 11 is 0. The molecule has 0 aliphatic rings. The lowest BCUT2D eigenvalue weighted by Crippen LogP contribution is -2.02. The number of nitrogens with zero attached hydrogens (tertiary/aromatic N) is 1. The third kappa shape index (κ3) is 2.82. The number of aliphatic hydroxyl groups excluding tert-OH is 1. The molecule has 100 valence electrons. The molecule has 1 heterocycles. The fourth-order valence-corrected chi connectivity index (χ4v) is 1.98. The predicted molar refractivity (Wildman–Crippen MR) is 69.4 cm³/mol. The van der Waals surface area contributed by atoms with Crippen LogP contribution in [0.15, 0.2) is 22.7 Å². The van der Waals surface area contributed by atoms with E-state index < -0.39 is 0 Å². The molecule has 0 fully saturated rings. The zero-order valence-corrected chi connectivity index (χ0v) is 10.8. The van der Waals surface area contributed by atoms with Crippen molar-refractivity contribution in [2.75, 3.05) is 13.2 Å². The summed E-state index contributed by atoms with van der Waals surface area (Å²) in [6, 6.07) is 5.19. The number of benzene rings is 1. The van der Waals surface area contributed by atoms with Gasteiger partial charge in [0.15, 0.2) is 0 Å². The number of hydrogen-bond acceptors (Lipinski definition) is 5. The molecule has 1 N–H and O–H groups in total. The van der Waals surface area contributed by atoms with E-state index in [0.717, 1.165) is 23.1 Å². The van der Waals surface area contributed by atoms with E-state index in [2.05, 4.69) is 5.16 Å². The smallest absolute Gasteiger partial charge is 0.150 e. The van der Waals surface area contributed by atoms with E-state index in [1.807, 2.05) is 13.8 Å². The summed E-state index contributed by atoms with van der Waals surface area (Å²) in [5.74, 6) is 1.22. The molecule has 0 amide bonds. The first-order valence-electron chi connectivity index (χ1n) is 5.93. The summed E-state index contributed by atoms with van der Waals surface area (Å²) in [6.45, 7) is 3.76. The molecule has 19 heavy (non-hydrogen) atoms. The lowest BCUT2D eigenvalue weighted by molar-refractivity contribution is 0.112. The Morgan fingerprint density at radius 1 is 1.37 bits per heavy atom. The van der Waals surface area contributed by atoms with E-state index in [4.69, 9.17) is 14.4 Å². The highest BCUT2D eigenvalue weighted by molar-refractivity contribution is 5.81. The fraction of sp³-hybridized carbons (Fsp3) is 0.286. The first-order valence-corrected chi connectivity index (χ1v) is 5.93. The molecule has 2 rings (SSSR count). The second kappa shape index (κ2) is 5.67. The number of carbonyl (C=O) groups excluding carboxylic acids is 1. The average molecular weight is 261 g/mol. The van der Waals surface area contributed by atoms with Gasteiger partial charge in [-0.3, -0.25) is 4.79 Å². The first-order chi connectivity index (χ1) is 9.15. The van der Waals surface area contributed by atoms with Crippen molar-refractivity contribution in [1.82, 2.24) is 5.16 Å². The summed E-state index contributed by atoms with van der Waals surface area (Å²) in [5, 5.41) is 12.7. The highest BCUT2D eigenvalue weighted by Gasteiger charge is 2.13. The molecule has 0 unspecified atom stereocenters. The molecule has 5 heteroatoms. The Labute approximate surface area is 110 Å². The van der Waals surface area contributed by atoms with E-state index in [-0.39, 0.29) is 13.2 Å². The van der Waals surface area contributed by atoms with Crippen molar-refractivity contribution in [2.45, 2.75) is 13.8 Å². The minimum Gasteiger partial charge on any atom is -0.491 e. The lowest BCUT2D eigenvalue weighted by atomic mass is 10.0. The van der Waals surface area contributed by atoms with Crippen LogP contribution < -0.4 is 4.74 Å². The number of aldehydes is 1. The van der Waals surface area contributed by atoms with Gasteiger partial charge in [-0.1, -0.05) is 5.16 Å². The summed E-state index contributed by atoms with van der Waals surface area (Å²) in [6.07, 6.45) is 0.757. The van der Waals surface area contributed by atoms with E-state index in [1.165, 1.54) is 0 Å². The third-order valence-corrected chi connectivity index (χ3v) is 2.75. The van der Waals surface area contributed by atoms with Gasteiger partial charge in [0.25, 0.3) is 0 Å². The zero-order chi connectivity index (χ0) is 13.8. The maximum Gasteiger partial charge on any atom is 0.150 e. The Morgan fingerprint density at radius 2 is 2.16 bits per heavy atom. The molecule has 0 aliphatic carbocycles. The Morgan fingerprint density at radius 3 is 2.74 bits per heavy atom. The number of ether oxygens (including phenoxy) is 1. The van der Waals surface area contributed by atoms with Gasteiger partial charge in [0, 0.05) is 11.1 Å². The van der Waals surface area contributed by atoms with Gasteiger partial charge in [-0.05, 0) is 37.6 Å². The van der Waals surface area contributed by atoms with Crippen LogP contribution in [-0.2, 0) is 0 Å². The minimum atomic E-state index is -0.0774. The summed E-state index contributed by atoms with van der Waals surface area (Å²) in [5.41, 5.74) is 2.94. The van der Waals surface area contributed by atoms with Crippen LogP contribution in [-0.4, -0.2) is 29.8 Å². The van der Waals surface area contributed by atoms with Crippen LogP contribution in [0.2, 0.25) is 0 Å². The van der Waals surface area contributed by atoms with Crippen molar-refractivity contribution in [3.05, 3.63) is 35.2 Å². The fourth-order valence-electron chi connectivity index (χ4n) is 1.98. The number of aryl methyl sites for hydroxylation is 2. The number of hydrogen-bond donors (Lipinski definition) is 1. The Balaban J connectivity index is 2.47. The number of aromatic nitrogens is 1. The highest BCUT2D eigenvalue weighted by atomic mass is 16.5. The van der Waals surface area contributed by atoms with Gasteiger partial charge in [0.1, 0.15) is 24.4 Å². The monoisotopic (exact) mass is 261 g/mol. The Kier molecular flexibility index (Phi) is 3.97. The maximum atomic E-state index is 11.0. The molecular formula is C14H15NO4. The number of rotatable bonds is 5. The second-order valence-electron chi connectivity index (χ2n) is 4.18. The standard InChI is InChI=1S/C14H15NO4/c1-9-14(10(2)19-15-9)12-5-11(8-17)6-13(7-12)18-4-3-16/h5-8,16H,3-4H2,1-2H3. The van der Waals surface area contributed by atoms with Gasteiger partial charge in [0.2, 0.25) is 0 Å².